The average Bonchev–Trinajstić information content (AvgIpc) is 2.66. The molecule has 0 bridgehead atoms. The molecule has 0 fully saturated rings. The molecule has 0 atom stereocenters. The molecule has 1 heterocycles. The van der Waals surface area contributed by atoms with Gasteiger partial charge >= 0.3 is 0 Å². The summed E-state index contributed by atoms with van der Waals surface area (Å²) in [5, 5.41) is 4.23. The summed E-state index contributed by atoms with van der Waals surface area (Å²) < 4.78 is 15.8. The van der Waals surface area contributed by atoms with E-state index in [0.717, 1.165) is 4.68 Å². The zero-order valence-corrected chi connectivity index (χ0v) is 12.6. The van der Waals surface area contributed by atoms with E-state index in [2.05, 4.69) is 21.0 Å². The Labute approximate surface area is 123 Å². The van der Waals surface area contributed by atoms with Crippen LogP contribution in [0.4, 0.5) is 10.1 Å². The van der Waals surface area contributed by atoms with E-state index < -0.39 is 11.7 Å². The van der Waals surface area contributed by atoms with Crippen molar-refractivity contribution in [2.45, 2.75) is 19.8 Å². The largest absolute Gasteiger partial charge is 0.395 e. The first-order valence-corrected chi connectivity index (χ1v) is 6.75. The van der Waals surface area contributed by atoms with Crippen LogP contribution in [0.15, 0.2) is 22.7 Å². The number of carbonyl (C=O) groups excluding carboxylic acids is 1. The van der Waals surface area contributed by atoms with Crippen LogP contribution < -0.4 is 11.5 Å². The van der Waals surface area contributed by atoms with Gasteiger partial charge in [-0.3, -0.25) is 4.79 Å². The van der Waals surface area contributed by atoms with E-state index in [1.54, 1.807) is 6.07 Å². The molecule has 20 heavy (non-hydrogen) atoms. The van der Waals surface area contributed by atoms with Gasteiger partial charge in [0.15, 0.2) is 5.69 Å². The van der Waals surface area contributed by atoms with E-state index in [1.165, 1.54) is 12.1 Å². The molecule has 0 saturated carbocycles. The fraction of sp³-hybridized carbons (Fsp3) is 0.231. The monoisotopic (exact) mass is 340 g/mol. The minimum Gasteiger partial charge on any atom is -0.395 e. The molecule has 4 N–H and O–H groups in total. The second-order valence-corrected chi connectivity index (χ2v) is 5.59. The number of nitrogens with zero attached hydrogens (tertiary/aromatic N) is 2. The summed E-state index contributed by atoms with van der Waals surface area (Å²) in [7, 11) is 0. The maximum Gasteiger partial charge on any atom is 0.269 e. The Kier molecular flexibility index (Phi) is 3.80. The van der Waals surface area contributed by atoms with Gasteiger partial charge in [0.25, 0.3) is 5.91 Å². The number of nitrogen functional groups attached to an aromatic ring is 1. The summed E-state index contributed by atoms with van der Waals surface area (Å²) in [4.78, 5) is 11.6. The standard InChI is InChI=1S/C13H14BrFN4O/c1-6(2)11-10(16)12(13(17)20)19(18-11)9-4-3-7(14)5-8(9)15/h3-6H,16H2,1-2H3,(H2,17,20). The highest BCUT2D eigenvalue weighted by atomic mass is 79.9. The van der Waals surface area contributed by atoms with E-state index in [-0.39, 0.29) is 23.0 Å². The summed E-state index contributed by atoms with van der Waals surface area (Å²) in [6.45, 7) is 3.76. The fourth-order valence-corrected chi connectivity index (χ4v) is 2.27. The molecule has 0 saturated heterocycles. The molecular formula is C13H14BrFN4O. The Morgan fingerprint density at radius 3 is 2.60 bits per heavy atom. The molecule has 2 rings (SSSR count). The number of primary amides is 1. The van der Waals surface area contributed by atoms with Crippen molar-refractivity contribution in [3.8, 4) is 5.69 Å². The van der Waals surface area contributed by atoms with Crippen LogP contribution >= 0.6 is 15.9 Å². The van der Waals surface area contributed by atoms with Gasteiger partial charge in [0.05, 0.1) is 11.4 Å². The van der Waals surface area contributed by atoms with Crippen LogP contribution in [0.3, 0.4) is 0 Å². The highest BCUT2D eigenvalue weighted by Crippen LogP contribution is 2.28. The van der Waals surface area contributed by atoms with Gasteiger partial charge in [0.1, 0.15) is 11.5 Å². The predicted molar refractivity (Wildman–Crippen MR) is 78.2 cm³/mol. The molecule has 0 aliphatic heterocycles. The highest BCUT2D eigenvalue weighted by Gasteiger charge is 2.23. The lowest BCUT2D eigenvalue weighted by molar-refractivity contribution is 0.0993. The third-order valence-electron chi connectivity index (χ3n) is 2.87. The third kappa shape index (κ3) is 2.40. The number of nitrogens with two attached hydrogens (primary N) is 2. The number of carbonyl (C=O) groups is 1. The Morgan fingerprint density at radius 1 is 1.45 bits per heavy atom. The zero-order valence-electron chi connectivity index (χ0n) is 11.0. The minimum atomic E-state index is -0.746. The second kappa shape index (κ2) is 5.24. The fourth-order valence-electron chi connectivity index (χ4n) is 1.94. The highest BCUT2D eigenvalue weighted by molar-refractivity contribution is 9.10. The third-order valence-corrected chi connectivity index (χ3v) is 3.36. The summed E-state index contributed by atoms with van der Waals surface area (Å²) in [6, 6.07) is 4.44. The van der Waals surface area contributed by atoms with E-state index in [9.17, 15) is 9.18 Å². The van der Waals surface area contributed by atoms with Crippen molar-refractivity contribution in [3.63, 3.8) is 0 Å². The van der Waals surface area contributed by atoms with Crippen molar-refractivity contribution in [2.24, 2.45) is 5.73 Å². The number of hydrogen-bond donors (Lipinski definition) is 2. The normalized spacial score (nSPS) is 11.1. The lowest BCUT2D eigenvalue weighted by Crippen LogP contribution is -2.18. The van der Waals surface area contributed by atoms with Crippen molar-refractivity contribution < 1.29 is 9.18 Å². The number of rotatable bonds is 3. The Bertz CT molecular complexity index is 681. The van der Waals surface area contributed by atoms with Crippen molar-refractivity contribution in [1.29, 1.82) is 0 Å². The SMILES string of the molecule is CC(C)c1nn(-c2ccc(Br)cc2F)c(C(N)=O)c1N. The van der Waals surface area contributed by atoms with Crippen molar-refractivity contribution in [2.75, 3.05) is 5.73 Å². The van der Waals surface area contributed by atoms with Crippen LogP contribution in [-0.2, 0) is 0 Å². The molecule has 0 spiro atoms. The molecule has 0 unspecified atom stereocenters. The van der Waals surface area contributed by atoms with Crippen molar-refractivity contribution in [1.82, 2.24) is 9.78 Å². The smallest absolute Gasteiger partial charge is 0.269 e. The van der Waals surface area contributed by atoms with E-state index in [1.807, 2.05) is 13.8 Å². The van der Waals surface area contributed by atoms with Gasteiger partial charge in [-0.2, -0.15) is 5.10 Å². The van der Waals surface area contributed by atoms with Gasteiger partial charge < -0.3 is 11.5 Å². The molecule has 7 heteroatoms. The lowest BCUT2D eigenvalue weighted by Gasteiger charge is -2.06. The van der Waals surface area contributed by atoms with Crippen LogP contribution in [0, 0.1) is 5.82 Å². The summed E-state index contributed by atoms with van der Waals surface area (Å²) in [5.41, 5.74) is 12.1. The van der Waals surface area contributed by atoms with E-state index in [0.29, 0.717) is 10.2 Å². The van der Waals surface area contributed by atoms with Crippen molar-refractivity contribution in [3.05, 3.63) is 39.9 Å². The lowest BCUT2D eigenvalue weighted by atomic mass is 10.1. The van der Waals surface area contributed by atoms with Crippen LogP contribution in [0.25, 0.3) is 5.69 Å². The Hall–Kier alpha value is -1.89. The maximum absolute atomic E-state index is 14.0. The molecule has 1 aromatic heterocycles. The minimum absolute atomic E-state index is 0.00470. The van der Waals surface area contributed by atoms with E-state index >= 15 is 0 Å². The number of amides is 1. The van der Waals surface area contributed by atoms with Gasteiger partial charge in [-0.1, -0.05) is 29.8 Å². The molecule has 5 nitrogen and oxygen atoms in total. The Balaban J connectivity index is 2.73. The molecule has 0 aliphatic rings. The molecule has 1 aromatic carbocycles. The van der Waals surface area contributed by atoms with E-state index in [4.69, 9.17) is 11.5 Å². The molecular weight excluding hydrogens is 327 g/mol. The summed E-state index contributed by atoms with van der Waals surface area (Å²) >= 11 is 3.17. The molecule has 2 aromatic rings. The quantitative estimate of drug-likeness (QED) is 0.900. The first-order chi connectivity index (χ1) is 9.32. The zero-order chi connectivity index (χ0) is 15.0. The molecule has 1 amide bonds. The van der Waals surface area contributed by atoms with Crippen LogP contribution in [-0.4, -0.2) is 15.7 Å². The summed E-state index contributed by atoms with van der Waals surface area (Å²) in [6.07, 6.45) is 0. The van der Waals surface area contributed by atoms with Gasteiger partial charge in [0, 0.05) is 4.47 Å². The van der Waals surface area contributed by atoms with Crippen molar-refractivity contribution >= 4 is 27.5 Å². The molecule has 0 aliphatic carbocycles. The predicted octanol–water partition coefficient (Wildman–Crippen LogP) is 2.58. The molecule has 106 valence electrons. The first-order valence-electron chi connectivity index (χ1n) is 5.96. The second-order valence-electron chi connectivity index (χ2n) is 4.67. The number of benzene rings is 1. The Morgan fingerprint density at radius 2 is 2.10 bits per heavy atom. The van der Waals surface area contributed by atoms with Gasteiger partial charge in [-0.05, 0) is 24.1 Å². The molecule has 0 radical (unpaired) electrons. The summed E-state index contributed by atoms with van der Waals surface area (Å²) in [5.74, 6) is -1.28. The first kappa shape index (κ1) is 14.5. The van der Waals surface area contributed by atoms with Crippen LogP contribution in [0.2, 0.25) is 0 Å². The number of halogens is 2. The van der Waals surface area contributed by atoms with Gasteiger partial charge in [0.2, 0.25) is 0 Å². The number of aromatic nitrogens is 2. The van der Waals surface area contributed by atoms with Crippen LogP contribution in [0.1, 0.15) is 35.9 Å². The van der Waals surface area contributed by atoms with Gasteiger partial charge in [-0.25, -0.2) is 9.07 Å². The average molecular weight is 341 g/mol. The van der Waals surface area contributed by atoms with Crippen LogP contribution in [0.5, 0.6) is 0 Å². The number of hydrogen-bond acceptors (Lipinski definition) is 3. The topological polar surface area (TPSA) is 86.9 Å². The van der Waals surface area contributed by atoms with Gasteiger partial charge in [-0.15, -0.1) is 0 Å². The number of anilines is 1. The maximum atomic E-state index is 14.0.